The highest BCUT2D eigenvalue weighted by Gasteiger charge is 2.27. The van der Waals surface area contributed by atoms with E-state index in [1.807, 2.05) is 12.1 Å². The number of nitrogens with zero attached hydrogens (tertiary/aromatic N) is 1. The molecule has 0 bridgehead atoms. The summed E-state index contributed by atoms with van der Waals surface area (Å²) in [6, 6.07) is 8.06. The number of benzene rings is 1. The van der Waals surface area contributed by atoms with E-state index < -0.39 is 0 Å². The van der Waals surface area contributed by atoms with Crippen molar-refractivity contribution in [3.63, 3.8) is 0 Å². The maximum Gasteiger partial charge on any atom is 0.115 e. The molecule has 94 valence electrons. The molecule has 0 radical (unpaired) electrons. The molecule has 1 aliphatic heterocycles. The first-order chi connectivity index (χ1) is 7.98. The lowest BCUT2D eigenvalue weighted by molar-refractivity contribution is 0.100. The van der Waals surface area contributed by atoms with Crippen molar-refractivity contribution in [3.8, 4) is 5.75 Å². The van der Waals surface area contributed by atoms with Gasteiger partial charge in [0.15, 0.2) is 0 Å². The van der Waals surface area contributed by atoms with E-state index in [-0.39, 0.29) is 0 Å². The van der Waals surface area contributed by atoms with Gasteiger partial charge in [-0.3, -0.25) is 4.90 Å². The number of aromatic hydroxyl groups is 1. The van der Waals surface area contributed by atoms with Crippen LogP contribution in [0.4, 0.5) is 0 Å². The van der Waals surface area contributed by atoms with Gasteiger partial charge in [-0.15, -0.1) is 0 Å². The third kappa shape index (κ3) is 3.01. The van der Waals surface area contributed by atoms with Crippen molar-refractivity contribution in [2.45, 2.75) is 39.7 Å². The van der Waals surface area contributed by atoms with E-state index in [9.17, 15) is 5.11 Å². The van der Waals surface area contributed by atoms with Crippen LogP contribution in [0.15, 0.2) is 24.3 Å². The van der Waals surface area contributed by atoms with Gasteiger partial charge in [-0.1, -0.05) is 26.0 Å². The van der Waals surface area contributed by atoms with Crippen LogP contribution < -0.4 is 0 Å². The average Bonchev–Trinajstić information content (AvgIpc) is 2.29. The maximum absolute atomic E-state index is 9.30. The Morgan fingerprint density at radius 1 is 1.12 bits per heavy atom. The van der Waals surface area contributed by atoms with Gasteiger partial charge in [-0.2, -0.15) is 0 Å². The smallest absolute Gasteiger partial charge is 0.115 e. The molecule has 1 heterocycles. The minimum Gasteiger partial charge on any atom is -0.508 e. The van der Waals surface area contributed by atoms with Gasteiger partial charge in [-0.25, -0.2) is 0 Å². The highest BCUT2D eigenvalue weighted by atomic mass is 16.3. The van der Waals surface area contributed by atoms with Crippen LogP contribution in [-0.2, 0) is 0 Å². The quantitative estimate of drug-likeness (QED) is 0.844. The predicted octanol–water partition coefficient (Wildman–Crippen LogP) is 3.58. The first-order valence-corrected chi connectivity index (χ1v) is 6.51. The van der Waals surface area contributed by atoms with Crippen molar-refractivity contribution in [2.75, 3.05) is 13.1 Å². The van der Waals surface area contributed by atoms with Crippen LogP contribution in [0, 0.1) is 5.41 Å². The summed E-state index contributed by atoms with van der Waals surface area (Å²) in [6.45, 7) is 9.32. The molecule has 1 saturated heterocycles. The molecule has 1 aromatic rings. The number of hydrogen-bond donors (Lipinski definition) is 1. The predicted molar refractivity (Wildman–Crippen MR) is 71.1 cm³/mol. The normalized spacial score (nSPS) is 22.3. The molecular weight excluding hydrogens is 210 g/mol. The number of rotatable bonds is 2. The van der Waals surface area contributed by atoms with E-state index in [1.165, 1.54) is 31.5 Å². The van der Waals surface area contributed by atoms with Crippen molar-refractivity contribution < 1.29 is 5.11 Å². The van der Waals surface area contributed by atoms with Crippen LogP contribution in [0.1, 0.15) is 45.2 Å². The Bertz CT molecular complexity index is 359. The third-order valence-electron chi connectivity index (χ3n) is 4.07. The molecule has 0 amide bonds. The lowest BCUT2D eigenvalue weighted by Crippen LogP contribution is -2.38. The molecule has 0 spiro atoms. The summed E-state index contributed by atoms with van der Waals surface area (Å²) in [5.74, 6) is 0.348. The monoisotopic (exact) mass is 233 g/mol. The molecule has 1 atom stereocenters. The number of piperidine rings is 1. The molecule has 2 rings (SSSR count). The van der Waals surface area contributed by atoms with Crippen molar-refractivity contribution in [2.24, 2.45) is 5.41 Å². The number of hydrogen-bond acceptors (Lipinski definition) is 2. The summed E-state index contributed by atoms with van der Waals surface area (Å²) >= 11 is 0. The lowest BCUT2D eigenvalue weighted by atomic mass is 9.82. The van der Waals surface area contributed by atoms with Crippen LogP contribution in [-0.4, -0.2) is 23.1 Å². The minimum atomic E-state index is 0.348. The fraction of sp³-hybridized carbons (Fsp3) is 0.600. The highest BCUT2D eigenvalue weighted by molar-refractivity contribution is 5.27. The Morgan fingerprint density at radius 3 is 2.18 bits per heavy atom. The fourth-order valence-electron chi connectivity index (χ4n) is 2.48. The summed E-state index contributed by atoms with van der Waals surface area (Å²) in [7, 11) is 0. The molecule has 1 N–H and O–H groups in total. The third-order valence-corrected chi connectivity index (χ3v) is 4.07. The molecule has 1 unspecified atom stereocenters. The van der Waals surface area contributed by atoms with Gasteiger partial charge in [0.05, 0.1) is 0 Å². The van der Waals surface area contributed by atoms with Gasteiger partial charge in [-0.05, 0) is 56.0 Å². The van der Waals surface area contributed by atoms with Crippen molar-refractivity contribution in [3.05, 3.63) is 29.8 Å². The molecule has 0 aromatic heterocycles. The Hall–Kier alpha value is -1.02. The van der Waals surface area contributed by atoms with Crippen LogP contribution >= 0.6 is 0 Å². The van der Waals surface area contributed by atoms with Gasteiger partial charge < -0.3 is 5.11 Å². The number of phenols is 1. The van der Waals surface area contributed by atoms with Crippen molar-refractivity contribution in [1.29, 1.82) is 0 Å². The van der Waals surface area contributed by atoms with Crippen molar-refractivity contribution >= 4 is 0 Å². The van der Waals surface area contributed by atoms with Crippen molar-refractivity contribution in [1.82, 2.24) is 4.90 Å². The molecule has 1 aromatic carbocycles. The standard InChI is InChI=1S/C15H23NO/c1-12(13-4-6-14(17)7-5-13)16-10-8-15(2,3)9-11-16/h4-7,12,17H,8-11H2,1-3H3. The maximum atomic E-state index is 9.30. The van der Waals surface area contributed by atoms with E-state index in [1.54, 1.807) is 12.1 Å². The zero-order chi connectivity index (χ0) is 12.5. The van der Waals surface area contributed by atoms with E-state index in [2.05, 4.69) is 25.7 Å². The first-order valence-electron chi connectivity index (χ1n) is 6.51. The zero-order valence-electron chi connectivity index (χ0n) is 11.1. The van der Waals surface area contributed by atoms with E-state index in [0.29, 0.717) is 17.2 Å². The number of likely N-dealkylation sites (tertiary alicyclic amines) is 1. The second-order valence-corrected chi connectivity index (χ2v) is 5.97. The second kappa shape index (κ2) is 4.69. The van der Waals surface area contributed by atoms with Crippen LogP contribution in [0.2, 0.25) is 0 Å². The summed E-state index contributed by atoms with van der Waals surface area (Å²) in [5, 5.41) is 9.30. The molecule has 1 fully saturated rings. The Morgan fingerprint density at radius 2 is 1.65 bits per heavy atom. The zero-order valence-corrected chi connectivity index (χ0v) is 11.1. The van der Waals surface area contributed by atoms with E-state index in [0.717, 1.165) is 0 Å². The molecular formula is C15H23NO. The Balaban J connectivity index is 2.01. The summed E-state index contributed by atoms with van der Waals surface area (Å²) in [6.07, 6.45) is 2.55. The molecule has 2 nitrogen and oxygen atoms in total. The fourth-order valence-corrected chi connectivity index (χ4v) is 2.48. The molecule has 2 heteroatoms. The van der Waals surface area contributed by atoms with E-state index >= 15 is 0 Å². The van der Waals surface area contributed by atoms with Crippen LogP contribution in [0.5, 0.6) is 5.75 Å². The average molecular weight is 233 g/mol. The Kier molecular flexibility index (Phi) is 3.43. The highest BCUT2D eigenvalue weighted by Crippen LogP contribution is 2.33. The van der Waals surface area contributed by atoms with Gasteiger partial charge >= 0.3 is 0 Å². The van der Waals surface area contributed by atoms with E-state index in [4.69, 9.17) is 0 Å². The topological polar surface area (TPSA) is 23.5 Å². The van der Waals surface area contributed by atoms with Crippen LogP contribution in [0.3, 0.4) is 0 Å². The lowest BCUT2D eigenvalue weighted by Gasteiger charge is -2.40. The Labute approximate surface area is 104 Å². The van der Waals surface area contributed by atoms with Crippen LogP contribution in [0.25, 0.3) is 0 Å². The van der Waals surface area contributed by atoms with Gasteiger partial charge in [0.1, 0.15) is 5.75 Å². The van der Waals surface area contributed by atoms with Gasteiger partial charge in [0.25, 0.3) is 0 Å². The molecule has 0 saturated carbocycles. The first kappa shape index (κ1) is 12.4. The molecule has 1 aliphatic rings. The molecule has 0 aliphatic carbocycles. The summed E-state index contributed by atoms with van der Waals surface area (Å²) in [4.78, 5) is 2.54. The van der Waals surface area contributed by atoms with Gasteiger partial charge in [0, 0.05) is 6.04 Å². The number of phenolic OH excluding ortho intramolecular Hbond substituents is 1. The van der Waals surface area contributed by atoms with Gasteiger partial charge in [0.2, 0.25) is 0 Å². The SMILES string of the molecule is CC(c1ccc(O)cc1)N1CCC(C)(C)CC1. The largest absolute Gasteiger partial charge is 0.508 e. The second-order valence-electron chi connectivity index (χ2n) is 5.97. The minimum absolute atomic E-state index is 0.348. The molecule has 17 heavy (non-hydrogen) atoms. The summed E-state index contributed by atoms with van der Waals surface area (Å²) < 4.78 is 0. The summed E-state index contributed by atoms with van der Waals surface area (Å²) in [5.41, 5.74) is 1.80.